The molecule has 1 aromatic carbocycles. The van der Waals surface area contributed by atoms with E-state index >= 15 is 0 Å². The van der Waals surface area contributed by atoms with Crippen LogP contribution in [-0.2, 0) is 14.3 Å². The maximum atomic E-state index is 11.7. The van der Waals surface area contributed by atoms with Gasteiger partial charge in [-0.3, -0.25) is 0 Å². The van der Waals surface area contributed by atoms with Crippen LogP contribution < -0.4 is 4.74 Å². The smallest absolute Gasteiger partial charge is 0.336 e. The minimum atomic E-state index is -0.750. The van der Waals surface area contributed by atoms with E-state index in [1.807, 2.05) is 0 Å². The molecular formula is C18H22Cl2O4. The largest absolute Gasteiger partial charge is 0.462 e. The Balaban J connectivity index is 2.47. The Kier molecular flexibility index (Phi) is 9.50. The summed E-state index contributed by atoms with van der Waals surface area (Å²) in [7, 11) is 0. The summed E-state index contributed by atoms with van der Waals surface area (Å²) < 4.78 is 10.2. The summed E-state index contributed by atoms with van der Waals surface area (Å²) in [6, 6.07) is 4.74. The Labute approximate surface area is 152 Å². The van der Waals surface area contributed by atoms with Crippen molar-refractivity contribution in [2.75, 3.05) is 6.61 Å². The molecule has 0 aromatic heterocycles. The van der Waals surface area contributed by atoms with Crippen LogP contribution in [0.25, 0.3) is 0 Å². The van der Waals surface area contributed by atoms with Crippen molar-refractivity contribution in [1.29, 1.82) is 0 Å². The van der Waals surface area contributed by atoms with Crippen molar-refractivity contribution >= 4 is 35.1 Å². The standard InChI is InChI=1S/C18H22Cl2O4/c1-3-5-7-13(4-2)12-23-16(21)10-11-17(22)24-18-14(19)8-6-9-15(18)20/h6,8-11,13H,3-5,7,12H2,1-2H3/b11-10+. The van der Waals surface area contributed by atoms with E-state index in [0.29, 0.717) is 12.5 Å². The zero-order valence-electron chi connectivity index (χ0n) is 13.9. The number of halogens is 2. The fourth-order valence-corrected chi connectivity index (χ4v) is 2.47. The fourth-order valence-electron chi connectivity index (χ4n) is 2.00. The summed E-state index contributed by atoms with van der Waals surface area (Å²) in [5, 5.41) is 0.432. The normalized spacial score (nSPS) is 12.2. The highest BCUT2D eigenvalue weighted by Gasteiger charge is 2.11. The number of hydrogen-bond acceptors (Lipinski definition) is 4. The average molecular weight is 373 g/mol. The predicted octanol–water partition coefficient (Wildman–Crippen LogP) is 5.21. The molecule has 6 heteroatoms. The molecule has 132 valence electrons. The molecule has 1 atom stereocenters. The molecule has 0 amide bonds. The summed E-state index contributed by atoms with van der Waals surface area (Å²) in [6.45, 7) is 4.54. The summed E-state index contributed by atoms with van der Waals surface area (Å²) in [5.74, 6) is -0.919. The molecule has 0 saturated carbocycles. The highest BCUT2D eigenvalue weighted by atomic mass is 35.5. The van der Waals surface area contributed by atoms with Crippen LogP contribution in [0.2, 0.25) is 10.0 Å². The molecule has 1 unspecified atom stereocenters. The summed E-state index contributed by atoms with van der Waals surface area (Å²) in [5.41, 5.74) is 0. The molecule has 4 nitrogen and oxygen atoms in total. The topological polar surface area (TPSA) is 52.6 Å². The molecule has 0 spiro atoms. The minimum Gasteiger partial charge on any atom is -0.462 e. The van der Waals surface area contributed by atoms with Crippen LogP contribution in [-0.4, -0.2) is 18.5 Å². The van der Waals surface area contributed by atoms with Gasteiger partial charge < -0.3 is 9.47 Å². The minimum absolute atomic E-state index is 0.0643. The van der Waals surface area contributed by atoms with Crippen molar-refractivity contribution in [3.8, 4) is 5.75 Å². The van der Waals surface area contributed by atoms with Crippen molar-refractivity contribution in [2.24, 2.45) is 5.92 Å². The third-order valence-corrected chi connectivity index (χ3v) is 4.08. The second-order valence-corrected chi connectivity index (χ2v) is 6.17. The third-order valence-electron chi connectivity index (χ3n) is 3.48. The number of carbonyl (C=O) groups excluding carboxylic acids is 2. The molecule has 0 fully saturated rings. The lowest BCUT2D eigenvalue weighted by molar-refractivity contribution is -0.139. The first-order chi connectivity index (χ1) is 11.5. The number of ether oxygens (including phenoxy) is 2. The van der Waals surface area contributed by atoms with Crippen LogP contribution in [0, 0.1) is 5.92 Å². The molecule has 0 aliphatic heterocycles. The van der Waals surface area contributed by atoms with Crippen molar-refractivity contribution in [3.63, 3.8) is 0 Å². The first-order valence-electron chi connectivity index (χ1n) is 7.98. The van der Waals surface area contributed by atoms with Crippen LogP contribution in [0.5, 0.6) is 5.75 Å². The number of esters is 2. The van der Waals surface area contributed by atoms with Gasteiger partial charge in [-0.15, -0.1) is 0 Å². The molecule has 0 bridgehead atoms. The molecule has 0 aliphatic rings. The maximum absolute atomic E-state index is 11.7. The number of unbranched alkanes of at least 4 members (excludes halogenated alkanes) is 1. The predicted molar refractivity (Wildman–Crippen MR) is 95.5 cm³/mol. The highest BCUT2D eigenvalue weighted by molar-refractivity contribution is 6.37. The second kappa shape index (κ2) is 11.1. The van der Waals surface area contributed by atoms with E-state index in [1.54, 1.807) is 18.2 Å². The van der Waals surface area contributed by atoms with Gasteiger partial charge in [0.05, 0.1) is 16.7 Å². The molecule has 0 heterocycles. The van der Waals surface area contributed by atoms with Crippen LogP contribution >= 0.6 is 23.2 Å². The zero-order valence-corrected chi connectivity index (χ0v) is 15.4. The van der Waals surface area contributed by atoms with Crippen LogP contribution in [0.15, 0.2) is 30.4 Å². The molecule has 0 aliphatic carbocycles. The molecule has 24 heavy (non-hydrogen) atoms. The first kappa shape index (κ1) is 20.5. The quantitative estimate of drug-likeness (QED) is 0.339. The molecule has 1 aromatic rings. The maximum Gasteiger partial charge on any atom is 0.336 e. The average Bonchev–Trinajstić information content (AvgIpc) is 2.56. The van der Waals surface area contributed by atoms with E-state index in [2.05, 4.69) is 13.8 Å². The van der Waals surface area contributed by atoms with Gasteiger partial charge in [0.2, 0.25) is 0 Å². The van der Waals surface area contributed by atoms with Gasteiger partial charge in [-0.2, -0.15) is 0 Å². The Morgan fingerprint density at radius 2 is 1.75 bits per heavy atom. The van der Waals surface area contributed by atoms with E-state index in [1.165, 1.54) is 0 Å². The number of carbonyl (C=O) groups is 2. The van der Waals surface area contributed by atoms with Gasteiger partial charge in [0.15, 0.2) is 5.75 Å². The highest BCUT2D eigenvalue weighted by Crippen LogP contribution is 2.32. The van der Waals surface area contributed by atoms with E-state index in [4.69, 9.17) is 32.7 Å². The lowest BCUT2D eigenvalue weighted by atomic mass is 10.0. The molecular weight excluding hydrogens is 351 g/mol. The van der Waals surface area contributed by atoms with Crippen molar-refractivity contribution in [1.82, 2.24) is 0 Å². The Morgan fingerprint density at radius 3 is 2.33 bits per heavy atom. The van der Waals surface area contributed by atoms with E-state index in [0.717, 1.165) is 37.8 Å². The Bertz CT molecular complexity index is 564. The van der Waals surface area contributed by atoms with Crippen LogP contribution in [0.3, 0.4) is 0 Å². The molecule has 0 radical (unpaired) electrons. The van der Waals surface area contributed by atoms with Crippen molar-refractivity contribution in [3.05, 3.63) is 40.4 Å². The number of hydrogen-bond donors (Lipinski definition) is 0. The zero-order chi connectivity index (χ0) is 17.9. The first-order valence-corrected chi connectivity index (χ1v) is 8.74. The third kappa shape index (κ3) is 7.37. The van der Waals surface area contributed by atoms with Crippen LogP contribution in [0.4, 0.5) is 0 Å². The Hall–Kier alpha value is -1.52. The Morgan fingerprint density at radius 1 is 1.12 bits per heavy atom. The SMILES string of the molecule is CCCCC(CC)COC(=O)/C=C/C(=O)Oc1c(Cl)cccc1Cl. The van der Waals surface area contributed by atoms with Gasteiger partial charge in [0.25, 0.3) is 0 Å². The molecule has 0 saturated heterocycles. The fraction of sp³-hybridized carbons (Fsp3) is 0.444. The van der Waals surface area contributed by atoms with Gasteiger partial charge in [-0.1, -0.05) is 62.4 Å². The molecule has 0 N–H and O–H groups in total. The van der Waals surface area contributed by atoms with Crippen LogP contribution in [0.1, 0.15) is 39.5 Å². The van der Waals surface area contributed by atoms with E-state index < -0.39 is 11.9 Å². The van der Waals surface area contributed by atoms with Gasteiger partial charge in [0, 0.05) is 12.2 Å². The lowest BCUT2D eigenvalue weighted by Crippen LogP contribution is -2.13. The van der Waals surface area contributed by atoms with Gasteiger partial charge in [0.1, 0.15) is 0 Å². The summed E-state index contributed by atoms with van der Waals surface area (Å²) in [6.07, 6.45) is 6.23. The number of para-hydroxylation sites is 1. The lowest BCUT2D eigenvalue weighted by Gasteiger charge is -2.13. The van der Waals surface area contributed by atoms with Crippen molar-refractivity contribution in [2.45, 2.75) is 39.5 Å². The summed E-state index contributed by atoms with van der Waals surface area (Å²) >= 11 is 11.8. The van der Waals surface area contributed by atoms with E-state index in [9.17, 15) is 9.59 Å². The van der Waals surface area contributed by atoms with Gasteiger partial charge in [-0.25, -0.2) is 9.59 Å². The number of rotatable bonds is 9. The second-order valence-electron chi connectivity index (χ2n) is 5.35. The van der Waals surface area contributed by atoms with Gasteiger partial charge >= 0.3 is 11.9 Å². The number of benzene rings is 1. The monoisotopic (exact) mass is 372 g/mol. The van der Waals surface area contributed by atoms with Gasteiger partial charge in [-0.05, 0) is 24.5 Å². The van der Waals surface area contributed by atoms with Crippen molar-refractivity contribution < 1.29 is 19.1 Å². The summed E-state index contributed by atoms with van der Waals surface area (Å²) in [4.78, 5) is 23.4. The van der Waals surface area contributed by atoms with E-state index in [-0.39, 0.29) is 15.8 Å². The molecule has 1 rings (SSSR count).